The molecule has 1 amide bonds. The molecule has 0 heterocycles. The molecule has 1 aliphatic carbocycles. The summed E-state index contributed by atoms with van der Waals surface area (Å²) in [5, 5.41) is 12.6. The first-order chi connectivity index (χ1) is 12.1. The van der Waals surface area contributed by atoms with Gasteiger partial charge >= 0.3 is 0 Å². The monoisotopic (exact) mass is 339 g/mol. The molecule has 4 nitrogen and oxygen atoms in total. The highest BCUT2D eigenvalue weighted by atomic mass is 16.5. The second kappa shape index (κ2) is 8.17. The van der Waals surface area contributed by atoms with E-state index in [4.69, 9.17) is 4.74 Å². The van der Waals surface area contributed by atoms with Gasteiger partial charge in [0.25, 0.3) is 5.91 Å². The van der Waals surface area contributed by atoms with Crippen molar-refractivity contribution in [1.29, 1.82) is 0 Å². The van der Waals surface area contributed by atoms with Crippen LogP contribution in [0.3, 0.4) is 0 Å². The van der Waals surface area contributed by atoms with Gasteiger partial charge in [-0.15, -0.1) is 0 Å². The van der Waals surface area contributed by atoms with Crippen molar-refractivity contribution in [2.45, 2.75) is 51.4 Å². The molecule has 2 aromatic carbocycles. The third kappa shape index (κ3) is 5.07. The van der Waals surface area contributed by atoms with Crippen LogP contribution in [-0.2, 0) is 6.61 Å². The second-order valence-electron chi connectivity index (χ2n) is 6.78. The van der Waals surface area contributed by atoms with Gasteiger partial charge in [-0.05, 0) is 56.4 Å². The van der Waals surface area contributed by atoms with E-state index in [1.165, 1.54) is 5.56 Å². The molecule has 1 fully saturated rings. The summed E-state index contributed by atoms with van der Waals surface area (Å²) < 4.78 is 5.83. The minimum Gasteiger partial charge on any atom is -0.489 e. The van der Waals surface area contributed by atoms with Crippen molar-refractivity contribution in [2.24, 2.45) is 0 Å². The lowest BCUT2D eigenvalue weighted by Gasteiger charge is -2.26. The van der Waals surface area contributed by atoms with Gasteiger partial charge < -0.3 is 15.2 Å². The second-order valence-corrected chi connectivity index (χ2v) is 6.78. The van der Waals surface area contributed by atoms with E-state index in [1.54, 1.807) is 12.1 Å². The highest BCUT2D eigenvalue weighted by molar-refractivity contribution is 5.94. The Morgan fingerprint density at radius 1 is 1.12 bits per heavy atom. The van der Waals surface area contributed by atoms with E-state index >= 15 is 0 Å². The van der Waals surface area contributed by atoms with Crippen molar-refractivity contribution in [3.63, 3.8) is 0 Å². The van der Waals surface area contributed by atoms with Crippen LogP contribution < -0.4 is 10.1 Å². The smallest absolute Gasteiger partial charge is 0.251 e. The SMILES string of the molecule is Cc1cccc(COc2cccc(C(=O)NC3CCC(O)CC3)c2)c1. The van der Waals surface area contributed by atoms with Gasteiger partial charge in [-0.1, -0.05) is 35.9 Å². The van der Waals surface area contributed by atoms with Crippen molar-refractivity contribution in [3.8, 4) is 5.75 Å². The molecule has 1 aliphatic rings. The number of hydrogen-bond acceptors (Lipinski definition) is 3. The van der Waals surface area contributed by atoms with Crippen molar-refractivity contribution in [1.82, 2.24) is 5.32 Å². The number of ether oxygens (including phenoxy) is 1. The summed E-state index contributed by atoms with van der Waals surface area (Å²) in [7, 11) is 0. The molecular formula is C21H25NO3. The van der Waals surface area contributed by atoms with E-state index in [-0.39, 0.29) is 18.1 Å². The van der Waals surface area contributed by atoms with E-state index in [2.05, 4.69) is 24.4 Å². The van der Waals surface area contributed by atoms with Crippen LogP contribution in [0, 0.1) is 6.92 Å². The first-order valence-corrected chi connectivity index (χ1v) is 8.87. The van der Waals surface area contributed by atoms with Crippen molar-refractivity contribution >= 4 is 5.91 Å². The van der Waals surface area contributed by atoms with Crippen LogP contribution in [0.25, 0.3) is 0 Å². The molecular weight excluding hydrogens is 314 g/mol. The predicted molar refractivity (Wildman–Crippen MR) is 97.7 cm³/mol. The summed E-state index contributed by atoms with van der Waals surface area (Å²) in [5.74, 6) is 0.607. The van der Waals surface area contributed by atoms with Crippen molar-refractivity contribution in [2.75, 3.05) is 0 Å². The van der Waals surface area contributed by atoms with Gasteiger partial charge in [0.2, 0.25) is 0 Å². The van der Waals surface area contributed by atoms with Crippen molar-refractivity contribution in [3.05, 3.63) is 65.2 Å². The number of carbonyl (C=O) groups excluding carboxylic acids is 1. The minimum absolute atomic E-state index is 0.0811. The molecule has 4 heteroatoms. The lowest BCUT2D eigenvalue weighted by atomic mass is 9.93. The number of rotatable bonds is 5. The van der Waals surface area contributed by atoms with Crippen LogP contribution in [0.2, 0.25) is 0 Å². The zero-order valence-corrected chi connectivity index (χ0v) is 14.6. The Morgan fingerprint density at radius 3 is 2.64 bits per heavy atom. The van der Waals surface area contributed by atoms with Crippen LogP contribution in [0.15, 0.2) is 48.5 Å². The molecule has 0 aliphatic heterocycles. The largest absolute Gasteiger partial charge is 0.489 e. The van der Waals surface area contributed by atoms with Crippen LogP contribution >= 0.6 is 0 Å². The van der Waals surface area contributed by atoms with Gasteiger partial charge in [-0.25, -0.2) is 0 Å². The Hall–Kier alpha value is -2.33. The van der Waals surface area contributed by atoms with E-state index in [1.807, 2.05) is 24.3 Å². The van der Waals surface area contributed by atoms with Gasteiger partial charge in [0, 0.05) is 11.6 Å². The van der Waals surface area contributed by atoms with Gasteiger partial charge in [0.1, 0.15) is 12.4 Å². The molecule has 3 rings (SSSR count). The number of carbonyl (C=O) groups is 1. The minimum atomic E-state index is -0.216. The Kier molecular flexibility index (Phi) is 5.71. The summed E-state index contributed by atoms with van der Waals surface area (Å²) in [5.41, 5.74) is 2.91. The number of aliphatic hydroxyl groups excluding tert-OH is 1. The fourth-order valence-corrected chi connectivity index (χ4v) is 3.18. The predicted octanol–water partition coefficient (Wildman–Crippen LogP) is 3.61. The molecule has 0 spiro atoms. The zero-order valence-electron chi connectivity index (χ0n) is 14.6. The van der Waals surface area contributed by atoms with E-state index in [0.717, 1.165) is 31.2 Å². The maximum Gasteiger partial charge on any atom is 0.251 e. The first-order valence-electron chi connectivity index (χ1n) is 8.87. The number of amides is 1. The quantitative estimate of drug-likeness (QED) is 0.875. The van der Waals surface area contributed by atoms with Crippen LogP contribution in [0.5, 0.6) is 5.75 Å². The number of aliphatic hydroxyl groups is 1. The number of aryl methyl sites for hydroxylation is 1. The Bertz CT molecular complexity index is 721. The number of hydrogen-bond donors (Lipinski definition) is 2. The summed E-state index contributed by atoms with van der Waals surface area (Å²) in [6.45, 7) is 2.53. The van der Waals surface area contributed by atoms with E-state index in [9.17, 15) is 9.90 Å². The molecule has 0 atom stereocenters. The summed E-state index contributed by atoms with van der Waals surface area (Å²) >= 11 is 0. The highest BCUT2D eigenvalue weighted by Crippen LogP contribution is 2.20. The normalized spacial score (nSPS) is 20.1. The topological polar surface area (TPSA) is 58.6 Å². The molecule has 0 saturated heterocycles. The maximum atomic E-state index is 12.4. The molecule has 1 saturated carbocycles. The maximum absolute atomic E-state index is 12.4. The summed E-state index contributed by atoms with van der Waals surface area (Å²) in [6.07, 6.45) is 2.95. The van der Waals surface area contributed by atoms with Crippen molar-refractivity contribution < 1.29 is 14.6 Å². The zero-order chi connectivity index (χ0) is 17.6. The Morgan fingerprint density at radius 2 is 1.88 bits per heavy atom. The van der Waals surface area contributed by atoms with Gasteiger partial charge in [0.15, 0.2) is 0 Å². The molecule has 0 unspecified atom stereocenters. The fraction of sp³-hybridized carbons (Fsp3) is 0.381. The first kappa shape index (κ1) is 17.5. The van der Waals surface area contributed by atoms with E-state index in [0.29, 0.717) is 17.9 Å². The number of benzene rings is 2. The van der Waals surface area contributed by atoms with Gasteiger partial charge in [-0.3, -0.25) is 4.79 Å². The third-order valence-corrected chi connectivity index (χ3v) is 4.62. The van der Waals surface area contributed by atoms with Gasteiger partial charge in [0.05, 0.1) is 6.10 Å². The standard InChI is InChI=1S/C21H25NO3/c1-15-4-2-5-16(12-15)14-25-20-7-3-6-17(13-20)21(24)22-18-8-10-19(23)11-9-18/h2-7,12-13,18-19,23H,8-11,14H2,1H3,(H,22,24). The fourth-order valence-electron chi connectivity index (χ4n) is 3.18. The van der Waals surface area contributed by atoms with Gasteiger partial charge in [-0.2, -0.15) is 0 Å². The molecule has 132 valence electrons. The average molecular weight is 339 g/mol. The Balaban J connectivity index is 1.58. The molecule has 0 aromatic heterocycles. The highest BCUT2D eigenvalue weighted by Gasteiger charge is 2.21. The average Bonchev–Trinajstić information content (AvgIpc) is 2.62. The lowest BCUT2D eigenvalue weighted by molar-refractivity contribution is 0.0867. The van der Waals surface area contributed by atoms with Crippen LogP contribution in [-0.4, -0.2) is 23.2 Å². The lowest BCUT2D eigenvalue weighted by Crippen LogP contribution is -2.38. The molecule has 0 bridgehead atoms. The number of nitrogens with one attached hydrogen (secondary N) is 1. The third-order valence-electron chi connectivity index (χ3n) is 4.62. The molecule has 2 aromatic rings. The van der Waals surface area contributed by atoms with E-state index < -0.39 is 0 Å². The molecule has 2 N–H and O–H groups in total. The summed E-state index contributed by atoms with van der Waals surface area (Å²) in [6, 6.07) is 15.6. The Labute approximate surface area is 148 Å². The molecule has 25 heavy (non-hydrogen) atoms. The van der Waals surface area contributed by atoms with Crippen LogP contribution in [0.1, 0.15) is 47.2 Å². The molecule has 0 radical (unpaired) electrons. The van der Waals surface area contributed by atoms with Crippen LogP contribution in [0.4, 0.5) is 0 Å². The summed E-state index contributed by atoms with van der Waals surface area (Å²) in [4.78, 5) is 12.4.